The Labute approximate surface area is 237 Å². The zero-order valence-corrected chi connectivity index (χ0v) is 22.3. The van der Waals surface area contributed by atoms with Gasteiger partial charge in [0.2, 0.25) is 0 Å². The van der Waals surface area contributed by atoms with Gasteiger partial charge in [0.1, 0.15) is 12.4 Å². The molecule has 0 radical (unpaired) electrons. The van der Waals surface area contributed by atoms with Gasteiger partial charge in [-0.05, 0) is 40.1 Å². The van der Waals surface area contributed by atoms with Crippen molar-refractivity contribution in [2.24, 2.45) is 5.10 Å². The third-order valence-electron chi connectivity index (χ3n) is 6.85. The summed E-state index contributed by atoms with van der Waals surface area (Å²) in [5.74, 6) is 0.521. The van der Waals surface area contributed by atoms with Gasteiger partial charge in [0, 0.05) is 27.5 Å². The van der Waals surface area contributed by atoms with E-state index in [4.69, 9.17) is 16.3 Å². The van der Waals surface area contributed by atoms with Crippen molar-refractivity contribution in [3.05, 3.63) is 149 Å². The second kappa shape index (κ2) is 11.4. The molecule has 6 aromatic carbocycles. The summed E-state index contributed by atoms with van der Waals surface area (Å²) in [5, 5.41) is 8.84. The van der Waals surface area contributed by atoms with Gasteiger partial charge in [-0.2, -0.15) is 5.10 Å². The number of hydrogen-bond acceptors (Lipinski definition) is 3. The zero-order valence-electron chi connectivity index (χ0n) is 21.6. The first-order valence-electron chi connectivity index (χ1n) is 13.0. The SMILES string of the molecule is O=C(NN=Cc1c2ccccc2c(Cl)c2ccccc12)c1ccc(COc2ccccc2-c2ccccc2)cc1. The molecule has 6 aromatic rings. The molecule has 0 aliphatic rings. The second-order valence-electron chi connectivity index (χ2n) is 9.37. The molecular formula is C35H25ClN2O2. The average molecular weight is 541 g/mol. The molecule has 5 heteroatoms. The summed E-state index contributed by atoms with van der Waals surface area (Å²) in [7, 11) is 0. The number of hydrogen-bond donors (Lipinski definition) is 1. The standard InChI is InChI=1S/C35H25ClN2O2/c36-34-30-15-6-4-13-28(30)32(29-14-5-7-16-31(29)34)22-37-38-35(39)26-20-18-24(19-21-26)23-40-33-17-9-8-12-27(33)25-10-2-1-3-11-25/h1-22H,23H2,(H,38,39). The lowest BCUT2D eigenvalue weighted by atomic mass is 9.97. The van der Waals surface area contributed by atoms with E-state index in [9.17, 15) is 4.79 Å². The van der Waals surface area contributed by atoms with E-state index in [0.717, 1.165) is 49.5 Å². The van der Waals surface area contributed by atoms with Gasteiger partial charge in [0.05, 0.1) is 11.2 Å². The number of fused-ring (bicyclic) bond motifs is 2. The largest absolute Gasteiger partial charge is 0.488 e. The van der Waals surface area contributed by atoms with Crippen LogP contribution < -0.4 is 10.2 Å². The Morgan fingerprint density at radius 3 is 1.95 bits per heavy atom. The topological polar surface area (TPSA) is 50.7 Å². The number of hydrazone groups is 1. The van der Waals surface area contributed by atoms with Gasteiger partial charge in [0.25, 0.3) is 5.91 Å². The molecule has 0 aliphatic heterocycles. The van der Waals surface area contributed by atoms with Gasteiger partial charge >= 0.3 is 0 Å². The number of amides is 1. The minimum Gasteiger partial charge on any atom is -0.488 e. The first kappa shape index (κ1) is 25.4. The van der Waals surface area contributed by atoms with E-state index in [-0.39, 0.29) is 5.91 Å². The Morgan fingerprint density at radius 1 is 0.700 bits per heavy atom. The first-order valence-corrected chi connectivity index (χ1v) is 13.4. The molecule has 0 fully saturated rings. The maximum absolute atomic E-state index is 12.8. The van der Waals surface area contributed by atoms with E-state index in [1.807, 2.05) is 103 Å². The molecule has 1 amide bonds. The Balaban J connectivity index is 1.15. The summed E-state index contributed by atoms with van der Waals surface area (Å²) in [6, 6.07) is 41.3. The highest BCUT2D eigenvalue weighted by Crippen LogP contribution is 2.35. The summed E-state index contributed by atoms with van der Waals surface area (Å²) >= 11 is 6.69. The van der Waals surface area contributed by atoms with Crippen LogP contribution in [-0.2, 0) is 6.61 Å². The van der Waals surface area contributed by atoms with Crippen LogP contribution in [0.15, 0.2) is 132 Å². The lowest BCUT2D eigenvalue weighted by Gasteiger charge is -2.12. The predicted molar refractivity (Wildman–Crippen MR) is 164 cm³/mol. The molecule has 0 aromatic heterocycles. The number of benzene rings is 6. The van der Waals surface area contributed by atoms with Crippen molar-refractivity contribution < 1.29 is 9.53 Å². The minimum absolute atomic E-state index is 0.291. The minimum atomic E-state index is -0.291. The second-order valence-corrected chi connectivity index (χ2v) is 9.74. The number of ether oxygens (including phenoxy) is 1. The summed E-state index contributed by atoms with van der Waals surface area (Å²) in [5.41, 5.74) is 7.18. The molecule has 0 heterocycles. The van der Waals surface area contributed by atoms with Crippen LogP contribution in [0.4, 0.5) is 0 Å². The molecule has 0 spiro atoms. The van der Waals surface area contributed by atoms with E-state index in [0.29, 0.717) is 17.2 Å². The highest BCUT2D eigenvalue weighted by Gasteiger charge is 2.12. The van der Waals surface area contributed by atoms with Crippen molar-refractivity contribution in [1.29, 1.82) is 0 Å². The number of rotatable bonds is 7. The van der Waals surface area contributed by atoms with Crippen LogP contribution in [0, 0.1) is 0 Å². The molecule has 0 saturated carbocycles. The molecule has 40 heavy (non-hydrogen) atoms. The number of halogens is 1. The molecule has 0 unspecified atom stereocenters. The van der Waals surface area contributed by atoms with Crippen molar-refractivity contribution in [1.82, 2.24) is 5.43 Å². The van der Waals surface area contributed by atoms with Gasteiger partial charge in [-0.25, -0.2) is 5.43 Å². The van der Waals surface area contributed by atoms with E-state index in [1.165, 1.54) is 0 Å². The lowest BCUT2D eigenvalue weighted by Crippen LogP contribution is -2.17. The molecule has 0 bridgehead atoms. The van der Waals surface area contributed by atoms with Crippen molar-refractivity contribution in [2.45, 2.75) is 6.61 Å². The molecule has 1 N–H and O–H groups in total. The predicted octanol–water partition coefficient (Wildman–Crippen LogP) is 8.66. The molecule has 194 valence electrons. The Hall–Kier alpha value is -4.93. The Morgan fingerprint density at radius 2 is 1.27 bits per heavy atom. The van der Waals surface area contributed by atoms with Crippen LogP contribution in [0.5, 0.6) is 5.75 Å². The van der Waals surface area contributed by atoms with Crippen LogP contribution in [-0.4, -0.2) is 12.1 Å². The summed E-state index contributed by atoms with van der Waals surface area (Å²) in [4.78, 5) is 12.8. The van der Waals surface area contributed by atoms with Crippen LogP contribution in [0.1, 0.15) is 21.5 Å². The fourth-order valence-corrected chi connectivity index (χ4v) is 5.16. The number of para-hydroxylation sites is 1. The molecule has 6 rings (SSSR count). The zero-order chi connectivity index (χ0) is 27.3. The molecule has 4 nitrogen and oxygen atoms in total. The van der Waals surface area contributed by atoms with Gasteiger partial charge in [-0.1, -0.05) is 121 Å². The van der Waals surface area contributed by atoms with Crippen LogP contribution >= 0.6 is 11.6 Å². The first-order chi connectivity index (χ1) is 19.7. The third-order valence-corrected chi connectivity index (χ3v) is 7.26. The number of nitrogens with one attached hydrogen (secondary N) is 1. The maximum Gasteiger partial charge on any atom is 0.271 e. The molecule has 0 atom stereocenters. The summed E-state index contributed by atoms with van der Waals surface area (Å²) in [6.45, 7) is 0.389. The smallest absolute Gasteiger partial charge is 0.271 e. The average Bonchev–Trinajstić information content (AvgIpc) is 3.02. The summed E-state index contributed by atoms with van der Waals surface area (Å²) < 4.78 is 6.14. The van der Waals surface area contributed by atoms with Crippen molar-refractivity contribution in [2.75, 3.05) is 0 Å². The van der Waals surface area contributed by atoms with Gasteiger partial charge in [-0.3, -0.25) is 4.79 Å². The van der Waals surface area contributed by atoms with Crippen molar-refractivity contribution in [3.63, 3.8) is 0 Å². The van der Waals surface area contributed by atoms with Gasteiger partial charge in [-0.15, -0.1) is 0 Å². The highest BCUT2D eigenvalue weighted by molar-refractivity contribution is 6.42. The molecular weight excluding hydrogens is 516 g/mol. The summed E-state index contributed by atoms with van der Waals surface area (Å²) in [6.07, 6.45) is 1.69. The number of nitrogens with zero attached hydrogens (tertiary/aromatic N) is 1. The van der Waals surface area contributed by atoms with Gasteiger partial charge < -0.3 is 4.74 Å². The highest BCUT2D eigenvalue weighted by atomic mass is 35.5. The van der Waals surface area contributed by atoms with Crippen molar-refractivity contribution >= 4 is 45.3 Å². The fraction of sp³-hybridized carbons (Fsp3) is 0.0286. The van der Waals surface area contributed by atoms with Gasteiger partial charge in [0.15, 0.2) is 0 Å². The fourth-order valence-electron chi connectivity index (χ4n) is 4.83. The maximum atomic E-state index is 12.8. The number of carbonyl (C=O) groups is 1. The third kappa shape index (κ3) is 5.18. The van der Waals surface area contributed by atoms with Crippen LogP contribution in [0.2, 0.25) is 5.02 Å². The van der Waals surface area contributed by atoms with Crippen LogP contribution in [0.25, 0.3) is 32.7 Å². The number of carbonyl (C=O) groups excluding carboxylic acids is 1. The normalized spacial score (nSPS) is 11.2. The molecule has 0 saturated heterocycles. The monoisotopic (exact) mass is 540 g/mol. The lowest BCUT2D eigenvalue weighted by molar-refractivity contribution is 0.0955. The quantitative estimate of drug-likeness (QED) is 0.125. The van der Waals surface area contributed by atoms with E-state index >= 15 is 0 Å². The van der Waals surface area contributed by atoms with Crippen molar-refractivity contribution in [3.8, 4) is 16.9 Å². The Bertz CT molecular complexity index is 1790. The van der Waals surface area contributed by atoms with Crippen LogP contribution in [0.3, 0.4) is 0 Å². The van der Waals surface area contributed by atoms with E-state index in [2.05, 4.69) is 22.7 Å². The van der Waals surface area contributed by atoms with E-state index in [1.54, 1.807) is 18.3 Å². The van der Waals surface area contributed by atoms with E-state index < -0.39 is 0 Å². The Kier molecular flexibility index (Phi) is 7.25. The molecule has 0 aliphatic carbocycles.